The number of nitrogens with zero attached hydrogens (tertiary/aromatic N) is 3. The van der Waals surface area contributed by atoms with Crippen molar-refractivity contribution in [2.75, 3.05) is 33.4 Å². The molecule has 36 heavy (non-hydrogen) atoms. The van der Waals surface area contributed by atoms with Crippen LogP contribution in [0, 0.1) is 18.7 Å². The van der Waals surface area contributed by atoms with Crippen LogP contribution in [0.3, 0.4) is 0 Å². The van der Waals surface area contributed by atoms with Crippen molar-refractivity contribution in [2.45, 2.75) is 32.0 Å². The van der Waals surface area contributed by atoms with Gasteiger partial charge in [-0.05, 0) is 43.9 Å². The van der Waals surface area contributed by atoms with Crippen molar-refractivity contribution < 1.29 is 27.8 Å². The van der Waals surface area contributed by atoms with Crippen LogP contribution in [-0.4, -0.2) is 77.3 Å². The van der Waals surface area contributed by atoms with Crippen molar-refractivity contribution >= 4 is 22.8 Å². The summed E-state index contributed by atoms with van der Waals surface area (Å²) in [6.07, 6.45) is 2.11. The molecule has 3 heterocycles. The molecular formula is C25H27F2N5O4. The van der Waals surface area contributed by atoms with Gasteiger partial charge in [0.15, 0.2) is 0 Å². The van der Waals surface area contributed by atoms with Crippen LogP contribution in [-0.2, 0) is 9.53 Å². The van der Waals surface area contributed by atoms with E-state index in [1.807, 2.05) is 0 Å². The molecule has 190 valence electrons. The Morgan fingerprint density at radius 1 is 1.25 bits per heavy atom. The molecule has 1 aromatic carbocycles. The standard InChI is InChI=1S/C25H27F2N5O4/c1-13-21(25(34)31-18-9-32(8-17(18)27)20(33)11-35-2)23-24(30-13)22(28-12-29-23)16-7-15(26)5-6-19(16)36-10-14-3-4-14/h5-7,12,14,17-18,30H,3-4,8-11H2,1-2H3,(H,31,34)/t17-,18-/m1/s1. The number of ether oxygens (including phenoxy) is 2. The third-order valence-corrected chi connectivity index (χ3v) is 6.55. The summed E-state index contributed by atoms with van der Waals surface area (Å²) >= 11 is 0. The van der Waals surface area contributed by atoms with E-state index in [9.17, 15) is 18.4 Å². The number of nitrogens with one attached hydrogen (secondary N) is 2. The lowest BCUT2D eigenvalue weighted by atomic mass is 10.1. The highest BCUT2D eigenvalue weighted by atomic mass is 19.1. The van der Waals surface area contributed by atoms with Gasteiger partial charge in [0, 0.05) is 24.9 Å². The van der Waals surface area contributed by atoms with Crippen molar-refractivity contribution in [2.24, 2.45) is 5.92 Å². The van der Waals surface area contributed by atoms with E-state index in [0.717, 1.165) is 12.8 Å². The molecule has 2 atom stereocenters. The minimum absolute atomic E-state index is 0.0434. The van der Waals surface area contributed by atoms with E-state index in [-0.39, 0.29) is 31.2 Å². The molecule has 11 heteroatoms. The number of alkyl halides is 1. The number of aryl methyl sites for hydroxylation is 1. The quantitative estimate of drug-likeness (QED) is 0.493. The van der Waals surface area contributed by atoms with Crippen molar-refractivity contribution in [3.05, 3.63) is 41.6 Å². The summed E-state index contributed by atoms with van der Waals surface area (Å²) in [7, 11) is 1.39. The summed E-state index contributed by atoms with van der Waals surface area (Å²) in [6, 6.07) is 3.38. The first-order chi connectivity index (χ1) is 17.4. The number of rotatable bonds is 8. The molecule has 0 unspecified atom stereocenters. The molecule has 2 N–H and O–H groups in total. The Bertz CT molecular complexity index is 1310. The minimum Gasteiger partial charge on any atom is -0.493 e. The lowest BCUT2D eigenvalue weighted by Gasteiger charge is -2.16. The fourth-order valence-corrected chi connectivity index (χ4v) is 4.47. The predicted molar refractivity (Wildman–Crippen MR) is 127 cm³/mol. The molecule has 5 rings (SSSR count). The predicted octanol–water partition coefficient (Wildman–Crippen LogP) is 2.79. The fourth-order valence-electron chi connectivity index (χ4n) is 4.47. The molecule has 0 spiro atoms. The third kappa shape index (κ3) is 4.75. The Balaban J connectivity index is 1.43. The van der Waals surface area contributed by atoms with E-state index in [1.165, 1.54) is 30.5 Å². The Hall–Kier alpha value is -3.60. The molecule has 3 aromatic rings. The second-order valence-electron chi connectivity index (χ2n) is 9.29. The van der Waals surface area contributed by atoms with Crippen molar-refractivity contribution in [3.8, 4) is 17.0 Å². The van der Waals surface area contributed by atoms with Crippen LogP contribution in [0.1, 0.15) is 28.9 Å². The van der Waals surface area contributed by atoms with Gasteiger partial charge in [-0.2, -0.15) is 0 Å². The number of hydrogen-bond acceptors (Lipinski definition) is 6. The average Bonchev–Trinajstić information content (AvgIpc) is 3.51. The Labute approximate surface area is 206 Å². The van der Waals surface area contributed by atoms with Crippen LogP contribution in [0.25, 0.3) is 22.3 Å². The summed E-state index contributed by atoms with van der Waals surface area (Å²) in [4.78, 5) is 38.4. The van der Waals surface area contributed by atoms with Gasteiger partial charge in [0.25, 0.3) is 5.91 Å². The first-order valence-corrected chi connectivity index (χ1v) is 11.8. The zero-order valence-corrected chi connectivity index (χ0v) is 20.0. The van der Waals surface area contributed by atoms with E-state index < -0.39 is 23.9 Å². The lowest BCUT2D eigenvalue weighted by Crippen LogP contribution is -2.42. The Kier molecular flexibility index (Phi) is 6.57. The minimum atomic E-state index is -1.41. The van der Waals surface area contributed by atoms with Crippen LogP contribution in [0.2, 0.25) is 0 Å². The first kappa shape index (κ1) is 24.1. The molecule has 2 fully saturated rings. The maximum Gasteiger partial charge on any atom is 0.255 e. The molecule has 1 saturated heterocycles. The van der Waals surface area contributed by atoms with Crippen molar-refractivity contribution in [1.29, 1.82) is 0 Å². The van der Waals surface area contributed by atoms with Gasteiger partial charge in [-0.3, -0.25) is 9.59 Å². The zero-order chi connectivity index (χ0) is 25.4. The van der Waals surface area contributed by atoms with Crippen LogP contribution in [0.15, 0.2) is 24.5 Å². The molecule has 1 saturated carbocycles. The molecule has 2 aromatic heterocycles. The number of aromatic nitrogens is 3. The molecule has 2 aliphatic rings. The summed E-state index contributed by atoms with van der Waals surface area (Å²) < 4.78 is 39.6. The zero-order valence-electron chi connectivity index (χ0n) is 20.0. The van der Waals surface area contributed by atoms with Crippen LogP contribution in [0.4, 0.5) is 8.78 Å². The van der Waals surface area contributed by atoms with E-state index >= 15 is 0 Å². The maximum absolute atomic E-state index is 14.6. The van der Waals surface area contributed by atoms with Gasteiger partial charge in [0.1, 0.15) is 41.9 Å². The molecule has 9 nitrogen and oxygen atoms in total. The number of carbonyl (C=O) groups excluding carboxylic acids is 2. The lowest BCUT2D eigenvalue weighted by molar-refractivity contribution is -0.134. The number of fused-ring (bicyclic) bond motifs is 1. The first-order valence-electron chi connectivity index (χ1n) is 11.8. The number of benzene rings is 1. The fraction of sp³-hybridized carbons (Fsp3) is 0.440. The number of hydrogen-bond donors (Lipinski definition) is 2. The van der Waals surface area contributed by atoms with Gasteiger partial charge in [0.2, 0.25) is 5.91 Å². The van der Waals surface area contributed by atoms with E-state index in [4.69, 9.17) is 9.47 Å². The molecular weight excluding hydrogens is 472 g/mol. The Morgan fingerprint density at radius 3 is 2.81 bits per heavy atom. The maximum atomic E-state index is 14.6. The highest BCUT2D eigenvalue weighted by Crippen LogP contribution is 2.36. The highest BCUT2D eigenvalue weighted by molar-refractivity contribution is 6.09. The summed E-state index contributed by atoms with van der Waals surface area (Å²) in [5.74, 6) is -0.311. The van der Waals surface area contributed by atoms with E-state index in [0.29, 0.717) is 46.3 Å². The van der Waals surface area contributed by atoms with E-state index in [2.05, 4.69) is 20.3 Å². The number of aromatic amines is 1. The van der Waals surface area contributed by atoms with Gasteiger partial charge in [-0.1, -0.05) is 0 Å². The number of halogens is 2. The van der Waals surface area contributed by atoms with Crippen molar-refractivity contribution in [3.63, 3.8) is 0 Å². The smallest absolute Gasteiger partial charge is 0.255 e. The van der Waals surface area contributed by atoms with E-state index in [1.54, 1.807) is 13.0 Å². The number of H-pyrrole nitrogens is 1. The number of amides is 2. The Morgan fingerprint density at radius 2 is 2.06 bits per heavy atom. The third-order valence-electron chi connectivity index (χ3n) is 6.55. The number of likely N-dealkylation sites (tertiary alicyclic amines) is 1. The molecule has 0 bridgehead atoms. The van der Waals surface area contributed by atoms with Crippen LogP contribution < -0.4 is 10.1 Å². The summed E-state index contributed by atoms with van der Waals surface area (Å²) in [6.45, 7) is 2.02. The summed E-state index contributed by atoms with van der Waals surface area (Å²) in [5.41, 5.74) is 2.35. The van der Waals surface area contributed by atoms with Gasteiger partial charge in [0.05, 0.1) is 30.3 Å². The van der Waals surface area contributed by atoms with Gasteiger partial charge >= 0.3 is 0 Å². The number of carbonyl (C=O) groups is 2. The van der Waals surface area contributed by atoms with Crippen LogP contribution >= 0.6 is 0 Å². The summed E-state index contributed by atoms with van der Waals surface area (Å²) in [5, 5.41) is 2.70. The number of methoxy groups -OCH3 is 1. The normalized spacial score (nSPS) is 19.6. The van der Waals surface area contributed by atoms with Gasteiger partial charge < -0.3 is 24.7 Å². The molecule has 2 amide bonds. The second kappa shape index (κ2) is 9.81. The topological polar surface area (TPSA) is 109 Å². The molecule has 0 radical (unpaired) electrons. The van der Waals surface area contributed by atoms with Crippen LogP contribution in [0.5, 0.6) is 5.75 Å². The monoisotopic (exact) mass is 499 g/mol. The average molecular weight is 500 g/mol. The highest BCUT2D eigenvalue weighted by Gasteiger charge is 2.37. The van der Waals surface area contributed by atoms with Crippen molar-refractivity contribution in [1.82, 2.24) is 25.2 Å². The van der Waals surface area contributed by atoms with Gasteiger partial charge in [-0.15, -0.1) is 0 Å². The SMILES string of the molecule is COCC(=O)N1C[C@@H](F)[C@H](NC(=O)c2c(C)[nH]c3c(-c4cc(F)ccc4OCC4CC4)ncnc23)C1. The van der Waals surface area contributed by atoms with Gasteiger partial charge in [-0.25, -0.2) is 18.7 Å². The molecule has 1 aliphatic heterocycles. The molecule has 1 aliphatic carbocycles. The largest absolute Gasteiger partial charge is 0.493 e. The second-order valence-corrected chi connectivity index (χ2v) is 9.29.